The average Bonchev–Trinajstić information content (AvgIpc) is 2.97. The average molecular weight is 410 g/mol. The molecule has 0 saturated heterocycles. The van der Waals surface area contributed by atoms with Crippen LogP contribution in [-0.4, -0.2) is 41.6 Å². The lowest BCUT2D eigenvalue weighted by Gasteiger charge is -2.10. The Morgan fingerprint density at radius 1 is 1.25 bits per heavy atom. The van der Waals surface area contributed by atoms with Crippen molar-refractivity contribution in [2.45, 2.75) is 6.54 Å². The fourth-order valence-electron chi connectivity index (χ4n) is 2.40. The molecule has 0 spiro atoms. The molecule has 28 heavy (non-hydrogen) atoms. The van der Waals surface area contributed by atoms with Gasteiger partial charge in [-0.25, -0.2) is 9.59 Å². The summed E-state index contributed by atoms with van der Waals surface area (Å²) in [6, 6.07) is 0.742. The van der Waals surface area contributed by atoms with E-state index in [1.165, 1.54) is 0 Å². The molecule has 148 valence electrons. The van der Waals surface area contributed by atoms with Gasteiger partial charge in [0.1, 0.15) is 15.4 Å². The van der Waals surface area contributed by atoms with E-state index in [2.05, 4.69) is 9.47 Å². The minimum Gasteiger partial charge on any atom is -0.465 e. The van der Waals surface area contributed by atoms with E-state index in [9.17, 15) is 29.3 Å². The Morgan fingerprint density at radius 2 is 1.86 bits per heavy atom. The summed E-state index contributed by atoms with van der Waals surface area (Å²) in [6.45, 7) is -0.497. The molecule has 0 saturated carbocycles. The molecule has 2 heterocycles. The number of carbonyl (C=O) groups is 3. The minimum atomic E-state index is -1.17. The molecule has 0 aromatic carbocycles. The molecule has 1 amide bonds. The summed E-state index contributed by atoms with van der Waals surface area (Å²) in [5.74, 6) is -2.89. The van der Waals surface area contributed by atoms with Crippen molar-refractivity contribution in [2.75, 3.05) is 20.0 Å². The predicted octanol–water partition coefficient (Wildman–Crippen LogP) is 0.121. The number of rotatable bonds is 6. The minimum absolute atomic E-state index is 0.0424. The third kappa shape index (κ3) is 3.68. The highest BCUT2D eigenvalue weighted by Gasteiger charge is 2.28. The molecule has 12 nitrogen and oxygen atoms in total. The summed E-state index contributed by atoms with van der Waals surface area (Å²) >= 11 is 0.725. The van der Waals surface area contributed by atoms with Crippen LogP contribution in [0.5, 0.6) is 0 Å². The molecule has 0 fully saturated rings. The molecular formula is C15H14N4O8S. The van der Waals surface area contributed by atoms with E-state index in [1.54, 1.807) is 0 Å². The zero-order valence-corrected chi connectivity index (χ0v) is 15.4. The number of nitro groups is 1. The third-order valence-corrected chi connectivity index (χ3v) is 4.71. The van der Waals surface area contributed by atoms with Crippen molar-refractivity contribution in [3.05, 3.63) is 54.3 Å². The van der Waals surface area contributed by atoms with Crippen LogP contribution in [-0.2, 0) is 16.0 Å². The van der Waals surface area contributed by atoms with Gasteiger partial charge in [-0.3, -0.25) is 19.7 Å². The Balaban J connectivity index is 2.76. The van der Waals surface area contributed by atoms with Gasteiger partial charge in [0.2, 0.25) is 0 Å². The van der Waals surface area contributed by atoms with Gasteiger partial charge in [0.15, 0.2) is 0 Å². The number of carbonyl (C=O) groups excluding carboxylic acids is 3. The summed E-state index contributed by atoms with van der Waals surface area (Å²) < 4.78 is 10.1. The lowest BCUT2D eigenvalue weighted by molar-refractivity contribution is -0.385. The number of primary amides is 1. The largest absolute Gasteiger partial charge is 0.465 e. The maximum Gasteiger partial charge on any atom is 0.348 e. The van der Waals surface area contributed by atoms with Crippen LogP contribution in [0.4, 0.5) is 10.7 Å². The molecule has 2 aromatic rings. The molecule has 0 bridgehead atoms. The first-order valence-corrected chi connectivity index (χ1v) is 8.20. The van der Waals surface area contributed by atoms with E-state index in [1.807, 2.05) is 0 Å². The van der Waals surface area contributed by atoms with Gasteiger partial charge in [-0.1, -0.05) is 0 Å². The van der Waals surface area contributed by atoms with Crippen molar-refractivity contribution >= 4 is 39.9 Å². The second-order valence-corrected chi connectivity index (χ2v) is 6.35. The van der Waals surface area contributed by atoms with Gasteiger partial charge < -0.3 is 25.5 Å². The number of anilines is 1. The highest BCUT2D eigenvalue weighted by Crippen LogP contribution is 2.33. The van der Waals surface area contributed by atoms with Gasteiger partial charge in [-0.15, -0.1) is 11.3 Å². The number of amides is 1. The number of hydrogen-bond acceptors (Lipinski definition) is 10. The zero-order valence-electron chi connectivity index (χ0n) is 14.6. The van der Waals surface area contributed by atoms with Crippen LogP contribution in [0.2, 0.25) is 0 Å². The molecule has 0 unspecified atom stereocenters. The standard InChI is InChI=1S/C15H14N4O8S/c1-26-14(22)9-8(10(15(23)27-2)28-12(9)17)5-18-4-6(19(24)25)3-7(11(16)20)13(18)21/h3-4H,5,17H2,1-2H3,(H2,16,20). The van der Waals surface area contributed by atoms with E-state index in [0.29, 0.717) is 0 Å². The maximum atomic E-state index is 12.5. The number of esters is 2. The first kappa shape index (κ1) is 20.6. The predicted molar refractivity (Wildman–Crippen MR) is 96.4 cm³/mol. The van der Waals surface area contributed by atoms with Gasteiger partial charge in [-0.05, 0) is 0 Å². The first-order chi connectivity index (χ1) is 13.1. The second-order valence-electron chi connectivity index (χ2n) is 5.30. The number of hydrogen-bond donors (Lipinski definition) is 2. The molecule has 0 atom stereocenters. The number of thiophene rings is 1. The molecule has 0 aliphatic carbocycles. The number of methoxy groups -OCH3 is 2. The molecule has 4 N–H and O–H groups in total. The third-order valence-electron chi connectivity index (χ3n) is 3.67. The molecule has 0 aliphatic rings. The van der Waals surface area contributed by atoms with Crippen molar-refractivity contribution in [3.8, 4) is 0 Å². The smallest absolute Gasteiger partial charge is 0.348 e. The summed E-state index contributed by atoms with van der Waals surface area (Å²) in [5.41, 5.74) is 8.51. The van der Waals surface area contributed by atoms with E-state index < -0.39 is 46.1 Å². The number of pyridine rings is 1. The van der Waals surface area contributed by atoms with E-state index in [0.717, 1.165) is 42.4 Å². The Morgan fingerprint density at radius 3 is 2.36 bits per heavy atom. The quantitative estimate of drug-likeness (QED) is 0.379. The first-order valence-electron chi connectivity index (χ1n) is 7.38. The normalized spacial score (nSPS) is 10.4. The maximum absolute atomic E-state index is 12.5. The highest BCUT2D eigenvalue weighted by atomic mass is 32.1. The number of aromatic nitrogens is 1. The molecule has 0 aliphatic heterocycles. The van der Waals surface area contributed by atoms with Gasteiger partial charge in [0.25, 0.3) is 17.2 Å². The number of nitrogens with zero attached hydrogens (tertiary/aromatic N) is 2. The fraction of sp³-hybridized carbons (Fsp3) is 0.200. The summed E-state index contributed by atoms with van der Waals surface area (Å²) in [7, 11) is 2.19. The van der Waals surface area contributed by atoms with Crippen molar-refractivity contribution < 1.29 is 28.8 Å². The fourth-order valence-corrected chi connectivity index (χ4v) is 3.39. The molecule has 2 aromatic heterocycles. The van der Waals surface area contributed by atoms with Crippen LogP contribution >= 0.6 is 11.3 Å². The van der Waals surface area contributed by atoms with Crippen LogP contribution in [0.1, 0.15) is 36.0 Å². The molecule has 13 heteroatoms. The Labute approximate surface area is 160 Å². The molecule has 0 radical (unpaired) electrons. The van der Waals surface area contributed by atoms with E-state index >= 15 is 0 Å². The van der Waals surface area contributed by atoms with Crippen molar-refractivity contribution in [2.24, 2.45) is 5.73 Å². The summed E-state index contributed by atoms with van der Waals surface area (Å²) in [4.78, 5) is 58.3. The van der Waals surface area contributed by atoms with Gasteiger partial charge >= 0.3 is 11.9 Å². The van der Waals surface area contributed by atoms with E-state index in [-0.39, 0.29) is 21.0 Å². The Bertz CT molecular complexity index is 1060. The zero-order chi connectivity index (χ0) is 21.2. The van der Waals surface area contributed by atoms with Crippen LogP contribution in [0, 0.1) is 10.1 Å². The van der Waals surface area contributed by atoms with Crippen molar-refractivity contribution in [1.82, 2.24) is 4.57 Å². The highest BCUT2D eigenvalue weighted by molar-refractivity contribution is 7.18. The van der Waals surface area contributed by atoms with Crippen molar-refractivity contribution in [1.29, 1.82) is 0 Å². The number of ether oxygens (including phenoxy) is 2. The van der Waals surface area contributed by atoms with Crippen LogP contribution in [0.25, 0.3) is 0 Å². The number of nitrogens with two attached hydrogens (primary N) is 2. The topological polar surface area (TPSA) is 187 Å². The van der Waals surface area contributed by atoms with Gasteiger partial charge in [-0.2, -0.15) is 0 Å². The van der Waals surface area contributed by atoms with E-state index in [4.69, 9.17) is 11.5 Å². The summed E-state index contributed by atoms with van der Waals surface area (Å²) in [6.07, 6.45) is 0.852. The monoisotopic (exact) mass is 410 g/mol. The SMILES string of the molecule is COC(=O)c1sc(N)c(C(=O)OC)c1Cn1cc([N+](=O)[O-])cc(C(N)=O)c1=O. The van der Waals surface area contributed by atoms with Crippen LogP contribution < -0.4 is 17.0 Å². The summed E-state index contributed by atoms with van der Waals surface area (Å²) in [5, 5.41) is 11.0. The Hall–Kier alpha value is -3.74. The molecule has 2 rings (SSSR count). The van der Waals surface area contributed by atoms with Crippen LogP contribution in [0.3, 0.4) is 0 Å². The lowest BCUT2D eigenvalue weighted by Crippen LogP contribution is -2.30. The second kappa shape index (κ2) is 7.87. The number of nitrogen functional groups attached to an aromatic ring is 1. The van der Waals surface area contributed by atoms with Crippen LogP contribution in [0.15, 0.2) is 17.1 Å². The van der Waals surface area contributed by atoms with Gasteiger partial charge in [0.05, 0.1) is 37.4 Å². The lowest BCUT2D eigenvalue weighted by atomic mass is 10.1. The molecular weight excluding hydrogens is 396 g/mol. The Kier molecular flexibility index (Phi) is 5.78. The van der Waals surface area contributed by atoms with Crippen molar-refractivity contribution in [3.63, 3.8) is 0 Å². The van der Waals surface area contributed by atoms with Gasteiger partial charge in [0, 0.05) is 11.6 Å².